The van der Waals surface area contributed by atoms with Crippen LogP contribution in [0.5, 0.6) is 0 Å². The largest absolute Gasteiger partial charge is 0.359 e. The Morgan fingerprint density at radius 3 is 2.20 bits per heavy atom. The number of aromatic nitrogens is 3. The zero-order valence-electron chi connectivity index (χ0n) is 26.8. The molecule has 0 spiro atoms. The summed E-state index contributed by atoms with van der Waals surface area (Å²) in [6.45, 7) is 13.9. The molecule has 1 saturated heterocycles. The first-order valence-electron chi connectivity index (χ1n) is 16.0. The van der Waals surface area contributed by atoms with Crippen molar-refractivity contribution in [3.8, 4) is 0 Å². The molecule has 0 saturated carbocycles. The van der Waals surface area contributed by atoms with E-state index in [1.165, 1.54) is 43.2 Å². The molecule has 3 rings (SSSR count). The minimum absolute atomic E-state index is 0.00231. The number of hydrogen-bond donors (Lipinski definition) is 2. The standard InChI is InChI=1S/C27H42N4O.C4H10N2O.C2H6/c1-4-6-7-8-9-23(3)27(20-31-22-28-21-29-31)16-18-30(19-17-27)26(32)15-14-25-12-10-24(5-2)11-13-25;1-6-4(7)2-3-5;1-2/h10-13,21-23H,4-9,14-20H2,1-3H3;2-3,5H2,1H3,(H,6,7);1-2H3. The van der Waals surface area contributed by atoms with Crippen LogP contribution in [0.4, 0.5) is 0 Å². The Kier molecular flexibility index (Phi) is 18.6. The molecule has 0 radical (unpaired) electrons. The lowest BCUT2D eigenvalue weighted by Gasteiger charge is -2.46. The number of amides is 2. The van der Waals surface area contributed by atoms with Crippen LogP contribution in [0.25, 0.3) is 0 Å². The molecule has 2 heterocycles. The van der Waals surface area contributed by atoms with Gasteiger partial charge >= 0.3 is 0 Å². The fourth-order valence-electron chi connectivity index (χ4n) is 5.44. The molecule has 1 unspecified atom stereocenters. The molecule has 1 aliphatic heterocycles. The van der Waals surface area contributed by atoms with Crippen LogP contribution in [0, 0.1) is 11.3 Å². The lowest BCUT2D eigenvalue weighted by molar-refractivity contribution is -0.134. The second-order valence-corrected chi connectivity index (χ2v) is 11.0. The fraction of sp³-hybridized carbons (Fsp3) is 0.697. The van der Waals surface area contributed by atoms with Crippen molar-refractivity contribution >= 4 is 11.8 Å². The second kappa shape index (κ2) is 21.0. The Hall–Kier alpha value is -2.74. The van der Waals surface area contributed by atoms with Gasteiger partial charge in [0.05, 0.1) is 0 Å². The maximum atomic E-state index is 12.9. The summed E-state index contributed by atoms with van der Waals surface area (Å²) in [5.41, 5.74) is 7.85. The Bertz CT molecular complexity index is 937. The van der Waals surface area contributed by atoms with E-state index in [2.05, 4.69) is 65.3 Å². The third-order valence-electron chi connectivity index (χ3n) is 8.30. The van der Waals surface area contributed by atoms with Crippen LogP contribution >= 0.6 is 0 Å². The van der Waals surface area contributed by atoms with Crippen LogP contribution in [0.3, 0.4) is 0 Å². The third-order valence-corrected chi connectivity index (χ3v) is 8.30. The van der Waals surface area contributed by atoms with Crippen molar-refractivity contribution in [2.75, 3.05) is 26.7 Å². The number of nitrogens with two attached hydrogens (primary N) is 1. The van der Waals surface area contributed by atoms with E-state index in [4.69, 9.17) is 5.73 Å². The van der Waals surface area contributed by atoms with Gasteiger partial charge in [-0.3, -0.25) is 14.3 Å². The molecule has 8 heteroatoms. The van der Waals surface area contributed by atoms with E-state index in [0.29, 0.717) is 31.2 Å². The number of rotatable bonds is 14. The van der Waals surface area contributed by atoms with Crippen LogP contribution in [-0.4, -0.2) is 58.2 Å². The van der Waals surface area contributed by atoms with Crippen molar-refractivity contribution in [3.05, 3.63) is 48.0 Å². The summed E-state index contributed by atoms with van der Waals surface area (Å²) < 4.78 is 2.00. The van der Waals surface area contributed by atoms with Gasteiger partial charge in [-0.2, -0.15) is 5.10 Å². The van der Waals surface area contributed by atoms with Crippen LogP contribution in [0.2, 0.25) is 0 Å². The van der Waals surface area contributed by atoms with Crippen molar-refractivity contribution in [3.63, 3.8) is 0 Å². The van der Waals surface area contributed by atoms with Crippen molar-refractivity contribution < 1.29 is 9.59 Å². The highest BCUT2D eigenvalue weighted by Crippen LogP contribution is 2.43. The number of aryl methyl sites for hydroxylation is 2. The average Bonchev–Trinajstić information content (AvgIpc) is 3.53. The van der Waals surface area contributed by atoms with Gasteiger partial charge in [0.2, 0.25) is 11.8 Å². The molecule has 232 valence electrons. The first kappa shape index (κ1) is 36.3. The lowest BCUT2D eigenvalue weighted by atomic mass is 9.67. The van der Waals surface area contributed by atoms with Crippen molar-refractivity contribution in [1.82, 2.24) is 25.0 Å². The zero-order chi connectivity index (χ0) is 30.5. The Morgan fingerprint density at radius 2 is 1.68 bits per heavy atom. The predicted molar refractivity (Wildman–Crippen MR) is 169 cm³/mol. The zero-order valence-corrected chi connectivity index (χ0v) is 26.8. The number of benzene rings is 1. The van der Waals surface area contributed by atoms with Gasteiger partial charge in [0, 0.05) is 46.1 Å². The minimum atomic E-state index is 0.00231. The summed E-state index contributed by atoms with van der Waals surface area (Å²) in [5, 5.41) is 6.85. The van der Waals surface area contributed by atoms with Crippen LogP contribution in [-0.2, 0) is 29.0 Å². The molecule has 0 bridgehead atoms. The summed E-state index contributed by atoms with van der Waals surface area (Å²) in [4.78, 5) is 29.4. The van der Waals surface area contributed by atoms with Crippen molar-refractivity contribution in [1.29, 1.82) is 0 Å². The molecule has 1 aliphatic rings. The molecule has 2 aromatic rings. The van der Waals surface area contributed by atoms with Gasteiger partial charge in [-0.05, 0) is 48.1 Å². The van der Waals surface area contributed by atoms with Gasteiger partial charge in [-0.15, -0.1) is 0 Å². The van der Waals surface area contributed by atoms with Gasteiger partial charge in [0.15, 0.2) is 0 Å². The SMILES string of the molecule is CC.CCCCCCC(C)C1(Cn2cncn2)CCN(C(=O)CCc2ccc(CC)cc2)CC1.CNC(=O)CCN. The molecular formula is C33H58N6O2. The highest BCUT2D eigenvalue weighted by Gasteiger charge is 2.40. The summed E-state index contributed by atoms with van der Waals surface area (Å²) in [7, 11) is 1.60. The van der Waals surface area contributed by atoms with Crippen molar-refractivity contribution in [2.24, 2.45) is 17.1 Å². The van der Waals surface area contributed by atoms with Crippen molar-refractivity contribution in [2.45, 2.75) is 112 Å². The van der Waals surface area contributed by atoms with Gasteiger partial charge in [0.25, 0.3) is 0 Å². The molecular weight excluding hydrogens is 512 g/mol. The normalized spacial score (nSPS) is 14.7. The lowest BCUT2D eigenvalue weighted by Crippen LogP contribution is -2.47. The van der Waals surface area contributed by atoms with Crippen LogP contribution < -0.4 is 11.1 Å². The number of likely N-dealkylation sites (tertiary alicyclic amines) is 1. The quantitative estimate of drug-likeness (QED) is 0.279. The summed E-state index contributed by atoms with van der Waals surface area (Å²) >= 11 is 0. The number of carbonyl (C=O) groups is 2. The Labute approximate surface area is 249 Å². The first-order valence-corrected chi connectivity index (χ1v) is 16.0. The fourth-order valence-corrected chi connectivity index (χ4v) is 5.44. The molecule has 1 atom stereocenters. The van der Waals surface area contributed by atoms with Gasteiger partial charge in [-0.1, -0.05) is 91.0 Å². The van der Waals surface area contributed by atoms with E-state index < -0.39 is 0 Å². The third kappa shape index (κ3) is 13.2. The number of piperidine rings is 1. The highest BCUT2D eigenvalue weighted by molar-refractivity contribution is 5.76. The summed E-state index contributed by atoms with van der Waals surface area (Å²) in [6.07, 6.45) is 15.0. The molecule has 3 N–H and O–H groups in total. The molecule has 1 aromatic carbocycles. The van der Waals surface area contributed by atoms with Gasteiger partial charge in [-0.25, -0.2) is 4.98 Å². The molecule has 1 fully saturated rings. The first-order chi connectivity index (χ1) is 19.9. The minimum Gasteiger partial charge on any atom is -0.359 e. The predicted octanol–water partition coefficient (Wildman–Crippen LogP) is 5.80. The van der Waals surface area contributed by atoms with E-state index in [-0.39, 0.29) is 11.3 Å². The number of carbonyl (C=O) groups excluding carboxylic acids is 2. The smallest absolute Gasteiger partial charge is 0.222 e. The van der Waals surface area contributed by atoms with Gasteiger partial charge in [0.1, 0.15) is 12.7 Å². The highest BCUT2D eigenvalue weighted by atomic mass is 16.2. The molecule has 1 aromatic heterocycles. The van der Waals surface area contributed by atoms with E-state index in [1.54, 1.807) is 13.4 Å². The molecule has 2 amide bonds. The topological polar surface area (TPSA) is 106 Å². The average molecular weight is 571 g/mol. The second-order valence-electron chi connectivity index (χ2n) is 11.0. The van der Waals surface area contributed by atoms with Crippen LogP contribution in [0.1, 0.15) is 104 Å². The maximum Gasteiger partial charge on any atom is 0.222 e. The Morgan fingerprint density at radius 1 is 1.02 bits per heavy atom. The number of nitrogens with zero attached hydrogens (tertiary/aromatic N) is 4. The van der Waals surface area contributed by atoms with Gasteiger partial charge < -0.3 is 16.0 Å². The molecule has 8 nitrogen and oxygen atoms in total. The van der Waals surface area contributed by atoms with E-state index in [9.17, 15) is 9.59 Å². The number of unbranched alkanes of at least 4 members (excludes halogenated alkanes) is 3. The van der Waals surface area contributed by atoms with E-state index in [0.717, 1.165) is 45.3 Å². The number of hydrogen-bond acceptors (Lipinski definition) is 5. The van der Waals surface area contributed by atoms with Crippen LogP contribution in [0.15, 0.2) is 36.9 Å². The van der Waals surface area contributed by atoms with E-state index in [1.807, 2.05) is 24.9 Å². The summed E-state index contributed by atoms with van der Waals surface area (Å²) in [5.74, 6) is 0.926. The number of nitrogens with one attached hydrogen (secondary N) is 1. The molecule has 0 aliphatic carbocycles. The maximum absolute atomic E-state index is 12.9. The molecule has 41 heavy (non-hydrogen) atoms. The Balaban J connectivity index is 0.000000816. The summed E-state index contributed by atoms with van der Waals surface area (Å²) in [6, 6.07) is 8.71. The van der Waals surface area contributed by atoms with E-state index >= 15 is 0 Å². The monoisotopic (exact) mass is 570 g/mol.